The van der Waals surface area contributed by atoms with E-state index in [0.717, 1.165) is 29.5 Å². The third-order valence-corrected chi connectivity index (χ3v) is 4.74. The molecule has 3 rings (SSSR count). The molecule has 6 nitrogen and oxygen atoms in total. The van der Waals surface area contributed by atoms with Gasteiger partial charge in [-0.05, 0) is 32.0 Å². The van der Waals surface area contributed by atoms with E-state index in [2.05, 4.69) is 15.5 Å². The van der Waals surface area contributed by atoms with Gasteiger partial charge >= 0.3 is 0 Å². The maximum absolute atomic E-state index is 13.6. The summed E-state index contributed by atoms with van der Waals surface area (Å²) < 4.78 is 46.9. The predicted molar refractivity (Wildman–Crippen MR) is 93.8 cm³/mol. The van der Waals surface area contributed by atoms with Gasteiger partial charge in [0, 0.05) is 6.54 Å². The zero-order valence-electron chi connectivity index (χ0n) is 14.4. The van der Waals surface area contributed by atoms with E-state index in [4.69, 9.17) is 4.42 Å². The first-order chi connectivity index (χ1) is 12.9. The number of rotatable bonds is 6. The highest BCUT2D eigenvalue weighted by atomic mass is 32.2. The van der Waals surface area contributed by atoms with Crippen molar-refractivity contribution in [3.63, 3.8) is 0 Å². The van der Waals surface area contributed by atoms with E-state index in [-0.39, 0.29) is 5.75 Å². The molecule has 0 saturated heterocycles. The Bertz CT molecular complexity index is 987. The van der Waals surface area contributed by atoms with E-state index < -0.39 is 29.0 Å². The van der Waals surface area contributed by atoms with Gasteiger partial charge in [-0.25, -0.2) is 13.2 Å². The van der Waals surface area contributed by atoms with Crippen molar-refractivity contribution >= 4 is 23.4 Å². The number of carbonyl (C=O) groups is 1. The van der Waals surface area contributed by atoms with Gasteiger partial charge in [-0.15, -0.1) is 10.2 Å². The molecule has 0 aliphatic rings. The van der Waals surface area contributed by atoms with Gasteiger partial charge in [0.2, 0.25) is 5.91 Å². The maximum atomic E-state index is 13.6. The number of anilines is 1. The Morgan fingerprint density at radius 2 is 2.00 bits per heavy atom. The normalized spacial score (nSPS) is 11.0. The largest absolute Gasteiger partial charge is 0.469 e. The Morgan fingerprint density at radius 3 is 2.67 bits per heavy atom. The summed E-state index contributed by atoms with van der Waals surface area (Å²) in [4.78, 5) is 12.0. The first-order valence-electron chi connectivity index (χ1n) is 7.96. The molecule has 1 amide bonds. The van der Waals surface area contributed by atoms with E-state index in [1.807, 2.05) is 11.5 Å². The monoisotopic (exact) mass is 396 g/mol. The van der Waals surface area contributed by atoms with Crippen LogP contribution in [0.5, 0.6) is 0 Å². The molecule has 2 aromatic heterocycles. The van der Waals surface area contributed by atoms with Gasteiger partial charge in [0.15, 0.2) is 28.4 Å². The third-order valence-electron chi connectivity index (χ3n) is 3.77. The van der Waals surface area contributed by atoms with Crippen molar-refractivity contribution in [2.24, 2.45) is 0 Å². The summed E-state index contributed by atoms with van der Waals surface area (Å²) in [6.07, 6.45) is 1.55. The highest BCUT2D eigenvalue weighted by Gasteiger charge is 2.19. The Hall–Kier alpha value is -2.75. The lowest BCUT2D eigenvalue weighted by molar-refractivity contribution is -0.113. The van der Waals surface area contributed by atoms with Crippen LogP contribution in [0, 0.1) is 24.4 Å². The van der Waals surface area contributed by atoms with Gasteiger partial charge in [-0.3, -0.25) is 4.79 Å². The molecule has 0 unspecified atom stereocenters. The Labute approximate surface area is 156 Å². The molecule has 27 heavy (non-hydrogen) atoms. The fourth-order valence-electron chi connectivity index (χ4n) is 2.44. The minimum absolute atomic E-state index is 0.110. The van der Waals surface area contributed by atoms with Crippen LogP contribution in [-0.4, -0.2) is 26.4 Å². The van der Waals surface area contributed by atoms with Crippen LogP contribution in [0.1, 0.15) is 12.7 Å². The lowest BCUT2D eigenvalue weighted by Gasteiger charge is -2.08. The van der Waals surface area contributed by atoms with Gasteiger partial charge < -0.3 is 14.3 Å². The van der Waals surface area contributed by atoms with Gasteiger partial charge in [0.05, 0.1) is 23.3 Å². The van der Waals surface area contributed by atoms with Crippen LogP contribution in [0.15, 0.2) is 34.0 Å². The van der Waals surface area contributed by atoms with Crippen molar-refractivity contribution in [2.75, 3.05) is 11.1 Å². The number of aryl methyl sites for hydroxylation is 1. The number of aromatic nitrogens is 3. The van der Waals surface area contributed by atoms with Crippen LogP contribution in [0.25, 0.3) is 11.4 Å². The minimum Gasteiger partial charge on any atom is -0.469 e. The molecule has 0 atom stereocenters. The molecule has 3 aromatic rings. The average Bonchev–Trinajstić information content (AvgIpc) is 3.25. The first-order valence-corrected chi connectivity index (χ1v) is 8.94. The highest BCUT2D eigenvalue weighted by Crippen LogP contribution is 2.27. The second-order valence-electron chi connectivity index (χ2n) is 5.50. The summed E-state index contributed by atoms with van der Waals surface area (Å²) in [5.41, 5.74) is 0.371. The molecular weight excluding hydrogens is 381 g/mol. The van der Waals surface area contributed by atoms with Crippen molar-refractivity contribution < 1.29 is 22.4 Å². The van der Waals surface area contributed by atoms with Crippen molar-refractivity contribution in [1.29, 1.82) is 0 Å². The van der Waals surface area contributed by atoms with E-state index >= 15 is 0 Å². The van der Waals surface area contributed by atoms with Crippen molar-refractivity contribution in [2.45, 2.75) is 25.5 Å². The number of benzene rings is 1. The number of hydrogen-bond acceptors (Lipinski definition) is 5. The van der Waals surface area contributed by atoms with E-state index in [1.54, 1.807) is 19.3 Å². The third kappa shape index (κ3) is 3.85. The molecule has 2 heterocycles. The van der Waals surface area contributed by atoms with Crippen LogP contribution in [0.3, 0.4) is 0 Å². The molecule has 0 fully saturated rings. The molecular formula is C17H15F3N4O2S. The Balaban J connectivity index is 1.70. The smallest absolute Gasteiger partial charge is 0.234 e. The van der Waals surface area contributed by atoms with E-state index in [9.17, 15) is 18.0 Å². The summed E-state index contributed by atoms with van der Waals surface area (Å²) in [6, 6.07) is 3.48. The lowest BCUT2D eigenvalue weighted by Crippen LogP contribution is -2.16. The molecule has 10 heteroatoms. The molecule has 0 radical (unpaired) electrons. The number of nitrogens with one attached hydrogen (secondary N) is 1. The second-order valence-corrected chi connectivity index (χ2v) is 6.44. The second kappa shape index (κ2) is 7.87. The summed E-state index contributed by atoms with van der Waals surface area (Å²) in [6.45, 7) is 4.28. The SMILES string of the molecule is CCn1c(SCC(=O)Nc2ccc(F)c(F)c2F)nnc1-c1ccoc1C. The number of carbonyl (C=O) groups excluding carboxylic acids is 1. The Morgan fingerprint density at radius 1 is 1.22 bits per heavy atom. The summed E-state index contributed by atoms with van der Waals surface area (Å²) in [5, 5.41) is 10.9. The zero-order valence-corrected chi connectivity index (χ0v) is 15.2. The summed E-state index contributed by atoms with van der Waals surface area (Å²) in [7, 11) is 0. The fourth-order valence-corrected chi connectivity index (χ4v) is 3.24. The fraction of sp³-hybridized carbons (Fsp3) is 0.235. The number of hydrogen-bond donors (Lipinski definition) is 1. The van der Waals surface area contributed by atoms with Crippen LogP contribution in [0.4, 0.5) is 18.9 Å². The Kier molecular flexibility index (Phi) is 5.54. The van der Waals surface area contributed by atoms with Crippen LogP contribution >= 0.6 is 11.8 Å². The van der Waals surface area contributed by atoms with E-state index in [1.165, 1.54) is 0 Å². The molecule has 0 saturated carbocycles. The maximum Gasteiger partial charge on any atom is 0.234 e. The number of nitrogens with zero attached hydrogens (tertiary/aromatic N) is 3. The van der Waals surface area contributed by atoms with Gasteiger partial charge in [-0.2, -0.15) is 0 Å². The lowest BCUT2D eigenvalue weighted by atomic mass is 10.2. The van der Waals surface area contributed by atoms with Crippen LogP contribution in [-0.2, 0) is 11.3 Å². The van der Waals surface area contributed by atoms with Crippen LogP contribution in [0.2, 0.25) is 0 Å². The first kappa shape index (κ1) is 19.0. The summed E-state index contributed by atoms with van der Waals surface area (Å²) in [5.74, 6) is -3.79. The molecule has 0 aliphatic carbocycles. The zero-order chi connectivity index (χ0) is 19.6. The molecule has 1 aromatic carbocycles. The number of thioether (sulfide) groups is 1. The number of amides is 1. The van der Waals surface area contributed by atoms with Gasteiger partial charge in [0.1, 0.15) is 5.76 Å². The number of halogens is 3. The molecule has 0 spiro atoms. The molecule has 0 aliphatic heterocycles. The summed E-state index contributed by atoms with van der Waals surface area (Å²) >= 11 is 1.09. The van der Waals surface area contributed by atoms with Gasteiger partial charge in [0.25, 0.3) is 0 Å². The quantitative estimate of drug-likeness (QED) is 0.503. The van der Waals surface area contributed by atoms with Crippen molar-refractivity contribution in [3.8, 4) is 11.4 Å². The van der Waals surface area contributed by atoms with Gasteiger partial charge in [-0.1, -0.05) is 11.8 Å². The van der Waals surface area contributed by atoms with Crippen molar-refractivity contribution in [1.82, 2.24) is 14.8 Å². The number of furan rings is 1. The highest BCUT2D eigenvalue weighted by molar-refractivity contribution is 7.99. The molecule has 1 N–H and O–H groups in total. The average molecular weight is 396 g/mol. The van der Waals surface area contributed by atoms with E-state index in [0.29, 0.717) is 23.3 Å². The molecule has 0 bridgehead atoms. The van der Waals surface area contributed by atoms with Crippen molar-refractivity contribution in [3.05, 3.63) is 47.7 Å². The molecule has 142 valence electrons. The van der Waals surface area contributed by atoms with Crippen LogP contribution < -0.4 is 5.32 Å². The topological polar surface area (TPSA) is 73.0 Å². The predicted octanol–water partition coefficient (Wildman–Crippen LogP) is 4.01. The minimum atomic E-state index is -1.63. The standard InChI is InChI=1S/C17H15F3N4O2S/c1-3-24-16(10-6-7-26-9(10)2)22-23-17(24)27-8-13(25)21-12-5-4-11(18)14(19)15(12)20/h4-7H,3,8H2,1-2H3,(H,21,25).